The molecule has 0 aliphatic carbocycles. The van der Waals surface area contributed by atoms with Crippen molar-refractivity contribution in [3.8, 4) is 0 Å². The maximum absolute atomic E-state index is 12.3. The number of carbonyl (C=O) groups is 1. The Kier molecular flexibility index (Phi) is 4.58. The summed E-state index contributed by atoms with van der Waals surface area (Å²) in [6.45, 7) is -0.258. The molecule has 21 heavy (non-hydrogen) atoms. The monoisotopic (exact) mass is 322 g/mol. The SMILES string of the molecule is Nc1ccc(Cl)c(C(=O)N2CCN(CC(F)(F)F)CC2)n1. The highest BCUT2D eigenvalue weighted by atomic mass is 35.5. The summed E-state index contributed by atoms with van der Waals surface area (Å²) in [6.07, 6.45) is -4.23. The lowest BCUT2D eigenvalue weighted by Gasteiger charge is -2.34. The molecule has 0 saturated carbocycles. The lowest BCUT2D eigenvalue weighted by molar-refractivity contribution is -0.148. The summed E-state index contributed by atoms with van der Waals surface area (Å²) in [5.74, 6) is -0.252. The normalized spacial score (nSPS) is 17.0. The van der Waals surface area contributed by atoms with Crippen LogP contribution in [0.3, 0.4) is 0 Å². The number of alkyl halides is 3. The van der Waals surface area contributed by atoms with Crippen molar-refractivity contribution in [1.82, 2.24) is 14.8 Å². The van der Waals surface area contributed by atoms with Gasteiger partial charge in [-0.1, -0.05) is 11.6 Å². The molecule has 2 heterocycles. The zero-order valence-electron chi connectivity index (χ0n) is 11.0. The maximum Gasteiger partial charge on any atom is 0.401 e. The van der Waals surface area contributed by atoms with Gasteiger partial charge in [0.15, 0.2) is 0 Å². The number of halogens is 4. The number of piperazine rings is 1. The van der Waals surface area contributed by atoms with Crippen LogP contribution in [0.25, 0.3) is 0 Å². The fraction of sp³-hybridized carbons (Fsp3) is 0.500. The molecule has 1 aromatic heterocycles. The number of hydrogen-bond acceptors (Lipinski definition) is 4. The predicted molar refractivity (Wildman–Crippen MR) is 72.1 cm³/mol. The van der Waals surface area contributed by atoms with Crippen molar-refractivity contribution in [2.75, 3.05) is 38.5 Å². The molecule has 0 spiro atoms. The molecule has 0 radical (unpaired) electrons. The second-order valence-electron chi connectivity index (χ2n) is 4.75. The van der Waals surface area contributed by atoms with Gasteiger partial charge in [0.05, 0.1) is 11.6 Å². The van der Waals surface area contributed by atoms with Gasteiger partial charge in [-0.05, 0) is 12.1 Å². The van der Waals surface area contributed by atoms with Crippen molar-refractivity contribution < 1.29 is 18.0 Å². The number of rotatable bonds is 2. The molecule has 2 N–H and O–H groups in total. The number of carbonyl (C=O) groups excluding carboxylic acids is 1. The third kappa shape index (κ3) is 4.21. The summed E-state index contributed by atoms with van der Waals surface area (Å²) in [5.41, 5.74) is 5.54. The second kappa shape index (κ2) is 6.07. The molecule has 1 fully saturated rings. The number of pyridine rings is 1. The quantitative estimate of drug-likeness (QED) is 0.899. The van der Waals surface area contributed by atoms with E-state index >= 15 is 0 Å². The summed E-state index contributed by atoms with van der Waals surface area (Å²) in [6, 6.07) is 2.94. The van der Waals surface area contributed by atoms with Gasteiger partial charge in [-0.15, -0.1) is 0 Å². The fourth-order valence-corrected chi connectivity index (χ4v) is 2.31. The molecule has 0 aromatic carbocycles. The molecule has 1 aliphatic heterocycles. The highest BCUT2D eigenvalue weighted by Gasteiger charge is 2.33. The topological polar surface area (TPSA) is 62.5 Å². The molecule has 0 bridgehead atoms. The number of nitrogens with two attached hydrogens (primary N) is 1. The molecule has 0 atom stereocenters. The minimum absolute atomic E-state index is 0.0286. The average Bonchev–Trinajstić information content (AvgIpc) is 2.40. The number of hydrogen-bond donors (Lipinski definition) is 1. The fourth-order valence-electron chi connectivity index (χ4n) is 2.12. The molecule has 5 nitrogen and oxygen atoms in total. The maximum atomic E-state index is 12.3. The van der Waals surface area contributed by atoms with Crippen LogP contribution in [-0.4, -0.2) is 59.6 Å². The van der Waals surface area contributed by atoms with E-state index in [0.717, 1.165) is 0 Å². The van der Waals surface area contributed by atoms with Crippen molar-refractivity contribution in [3.05, 3.63) is 22.8 Å². The van der Waals surface area contributed by atoms with E-state index in [1.54, 1.807) is 0 Å². The van der Waals surface area contributed by atoms with E-state index < -0.39 is 18.6 Å². The molecule has 1 saturated heterocycles. The molecule has 1 aliphatic rings. The Hall–Kier alpha value is -1.54. The summed E-state index contributed by atoms with van der Waals surface area (Å²) in [5, 5.41) is 0.173. The minimum atomic E-state index is -4.23. The van der Waals surface area contributed by atoms with Gasteiger partial charge in [0.2, 0.25) is 0 Å². The Morgan fingerprint density at radius 3 is 2.48 bits per heavy atom. The first-order valence-corrected chi connectivity index (χ1v) is 6.64. The van der Waals surface area contributed by atoms with Crippen molar-refractivity contribution >= 4 is 23.3 Å². The first kappa shape index (κ1) is 15.8. The van der Waals surface area contributed by atoms with Crippen molar-refractivity contribution in [2.24, 2.45) is 0 Å². The largest absolute Gasteiger partial charge is 0.401 e. The van der Waals surface area contributed by atoms with Crippen molar-refractivity contribution in [3.63, 3.8) is 0 Å². The minimum Gasteiger partial charge on any atom is -0.384 e. The van der Waals surface area contributed by atoms with Gasteiger partial charge in [-0.3, -0.25) is 9.69 Å². The van der Waals surface area contributed by atoms with E-state index in [4.69, 9.17) is 17.3 Å². The smallest absolute Gasteiger partial charge is 0.384 e. The van der Waals surface area contributed by atoms with E-state index in [-0.39, 0.29) is 42.7 Å². The highest BCUT2D eigenvalue weighted by Crippen LogP contribution is 2.20. The Balaban J connectivity index is 1.99. The third-order valence-electron chi connectivity index (χ3n) is 3.13. The van der Waals surface area contributed by atoms with Crippen LogP contribution in [0, 0.1) is 0 Å². The molecule has 1 aromatic rings. The molecular formula is C12H14ClF3N4O. The molecule has 0 unspecified atom stereocenters. The van der Waals surface area contributed by atoms with Gasteiger partial charge in [0, 0.05) is 26.2 Å². The van der Waals surface area contributed by atoms with Gasteiger partial charge < -0.3 is 10.6 Å². The van der Waals surface area contributed by atoms with Crippen LogP contribution in [0.15, 0.2) is 12.1 Å². The van der Waals surface area contributed by atoms with Crippen molar-refractivity contribution in [2.45, 2.75) is 6.18 Å². The van der Waals surface area contributed by atoms with Crippen LogP contribution in [0.2, 0.25) is 5.02 Å². The average molecular weight is 323 g/mol. The van der Waals surface area contributed by atoms with E-state index in [1.165, 1.54) is 21.9 Å². The summed E-state index contributed by atoms with van der Waals surface area (Å²) < 4.78 is 36.9. The molecular weight excluding hydrogens is 309 g/mol. The van der Waals surface area contributed by atoms with Crippen molar-refractivity contribution in [1.29, 1.82) is 0 Å². The Bertz CT molecular complexity index is 530. The summed E-state index contributed by atoms with van der Waals surface area (Å²) >= 11 is 5.90. The van der Waals surface area contributed by atoms with Crippen LogP contribution in [0.5, 0.6) is 0 Å². The van der Waals surface area contributed by atoms with Crippen LogP contribution in [-0.2, 0) is 0 Å². The van der Waals surface area contributed by atoms with Gasteiger partial charge in [-0.2, -0.15) is 13.2 Å². The zero-order valence-corrected chi connectivity index (χ0v) is 11.8. The molecule has 1 amide bonds. The summed E-state index contributed by atoms with van der Waals surface area (Å²) in [4.78, 5) is 18.8. The third-order valence-corrected chi connectivity index (χ3v) is 3.44. The molecule has 116 valence electrons. The van der Waals surface area contributed by atoms with E-state index in [0.29, 0.717) is 0 Å². The molecule has 9 heteroatoms. The Morgan fingerprint density at radius 2 is 1.90 bits per heavy atom. The summed E-state index contributed by atoms with van der Waals surface area (Å²) in [7, 11) is 0. The zero-order chi connectivity index (χ0) is 15.6. The standard InChI is InChI=1S/C12H14ClF3N4O/c13-8-1-2-9(17)18-10(8)11(21)20-5-3-19(4-6-20)7-12(14,15)16/h1-2H,3-7H2,(H2,17,18). The first-order valence-electron chi connectivity index (χ1n) is 6.26. The number of anilines is 1. The van der Waals surface area contributed by atoms with Gasteiger partial charge in [0.25, 0.3) is 5.91 Å². The lowest BCUT2D eigenvalue weighted by Crippen LogP contribution is -2.51. The number of aromatic nitrogens is 1. The van der Waals surface area contributed by atoms with Crippen LogP contribution in [0.1, 0.15) is 10.5 Å². The van der Waals surface area contributed by atoms with Crippen LogP contribution in [0.4, 0.5) is 19.0 Å². The Morgan fingerprint density at radius 1 is 1.29 bits per heavy atom. The van der Waals surface area contributed by atoms with E-state index in [2.05, 4.69) is 4.98 Å². The Labute approximate surface area is 124 Å². The van der Waals surface area contributed by atoms with Crippen LogP contribution < -0.4 is 5.73 Å². The predicted octanol–water partition coefficient (Wildman–Crippen LogP) is 1.64. The highest BCUT2D eigenvalue weighted by molar-refractivity contribution is 6.33. The van der Waals surface area contributed by atoms with Gasteiger partial charge >= 0.3 is 6.18 Å². The lowest BCUT2D eigenvalue weighted by atomic mass is 10.2. The number of amides is 1. The number of nitrogen functional groups attached to an aromatic ring is 1. The van der Waals surface area contributed by atoms with Crippen LogP contribution >= 0.6 is 11.6 Å². The van der Waals surface area contributed by atoms with Gasteiger partial charge in [0.1, 0.15) is 11.5 Å². The van der Waals surface area contributed by atoms with E-state index in [1.807, 2.05) is 0 Å². The first-order chi connectivity index (χ1) is 9.76. The second-order valence-corrected chi connectivity index (χ2v) is 5.16. The van der Waals surface area contributed by atoms with Gasteiger partial charge in [-0.25, -0.2) is 4.98 Å². The number of nitrogens with zero attached hydrogens (tertiary/aromatic N) is 3. The van der Waals surface area contributed by atoms with E-state index in [9.17, 15) is 18.0 Å². The molecule has 2 rings (SSSR count).